The van der Waals surface area contributed by atoms with Gasteiger partial charge in [0.1, 0.15) is 6.23 Å². The molecule has 9 heavy (non-hydrogen) atoms. The molecule has 1 N–H and O–H groups in total. The molecule has 1 aliphatic rings. The van der Waals surface area contributed by atoms with Crippen LogP contribution in [0.3, 0.4) is 0 Å². The van der Waals surface area contributed by atoms with E-state index in [0.717, 1.165) is 19.4 Å². The molecule has 1 heterocycles. The van der Waals surface area contributed by atoms with E-state index in [9.17, 15) is 4.79 Å². The van der Waals surface area contributed by atoms with Crippen LogP contribution in [0.5, 0.6) is 0 Å². The Kier molecular flexibility index (Phi) is 1.71. The Labute approximate surface area is 54.3 Å². The van der Waals surface area contributed by atoms with E-state index in [1.807, 2.05) is 0 Å². The third kappa shape index (κ3) is 1.21. The molecule has 1 atom stereocenters. The number of aliphatic hydroxyl groups excluding tert-OH is 1. The first-order valence-corrected chi connectivity index (χ1v) is 3.17. The number of aliphatic hydroxyl groups is 1. The molecule has 1 saturated heterocycles. The molecule has 1 amide bonds. The van der Waals surface area contributed by atoms with Crippen LogP contribution in [0.4, 0.5) is 0 Å². The van der Waals surface area contributed by atoms with Gasteiger partial charge in [0.25, 0.3) is 0 Å². The van der Waals surface area contributed by atoms with Gasteiger partial charge in [0.05, 0.1) is 0 Å². The van der Waals surface area contributed by atoms with E-state index in [-0.39, 0.29) is 5.91 Å². The maximum atomic E-state index is 10.6. The molecule has 3 heteroatoms. The fraction of sp³-hybridized carbons (Fsp3) is 0.833. The summed E-state index contributed by atoms with van der Waals surface area (Å²) >= 11 is 0. The van der Waals surface area contributed by atoms with Gasteiger partial charge in [0.15, 0.2) is 0 Å². The number of carbonyl (C=O) groups is 1. The van der Waals surface area contributed by atoms with Crippen LogP contribution in [0.1, 0.15) is 19.8 Å². The maximum Gasteiger partial charge on any atom is 0.221 e. The average Bonchev–Trinajstić information content (AvgIpc) is 2.13. The van der Waals surface area contributed by atoms with Crippen molar-refractivity contribution in [1.82, 2.24) is 4.90 Å². The monoisotopic (exact) mass is 129 g/mol. The number of amides is 1. The molecule has 0 radical (unpaired) electrons. The predicted molar refractivity (Wildman–Crippen MR) is 32.6 cm³/mol. The third-order valence-electron chi connectivity index (χ3n) is 1.63. The van der Waals surface area contributed by atoms with Crippen molar-refractivity contribution < 1.29 is 9.90 Å². The molecule has 0 saturated carbocycles. The number of hydrogen-bond donors (Lipinski definition) is 1. The van der Waals surface area contributed by atoms with E-state index in [1.54, 1.807) is 0 Å². The zero-order valence-corrected chi connectivity index (χ0v) is 5.50. The van der Waals surface area contributed by atoms with Gasteiger partial charge < -0.3 is 10.0 Å². The van der Waals surface area contributed by atoms with Crippen LogP contribution < -0.4 is 0 Å². The van der Waals surface area contributed by atoms with Crippen molar-refractivity contribution in [2.24, 2.45) is 0 Å². The smallest absolute Gasteiger partial charge is 0.221 e. The van der Waals surface area contributed by atoms with Crippen molar-refractivity contribution in [3.63, 3.8) is 0 Å². The molecule has 0 bridgehead atoms. The highest BCUT2D eigenvalue weighted by atomic mass is 16.3. The first kappa shape index (κ1) is 6.55. The Balaban J connectivity index is 2.49. The molecule has 0 spiro atoms. The molecule has 1 rings (SSSR count). The van der Waals surface area contributed by atoms with Crippen LogP contribution in [0, 0.1) is 0 Å². The van der Waals surface area contributed by atoms with Crippen molar-refractivity contribution in [3.8, 4) is 0 Å². The fourth-order valence-electron chi connectivity index (χ4n) is 1.12. The SMILES string of the molecule is CC(=O)N1CCC[C@H]1O. The molecule has 0 aromatic heterocycles. The summed E-state index contributed by atoms with van der Waals surface area (Å²) in [5.41, 5.74) is 0. The van der Waals surface area contributed by atoms with E-state index in [1.165, 1.54) is 11.8 Å². The van der Waals surface area contributed by atoms with Crippen LogP contribution >= 0.6 is 0 Å². The largest absolute Gasteiger partial charge is 0.374 e. The van der Waals surface area contributed by atoms with Gasteiger partial charge in [-0.1, -0.05) is 0 Å². The number of nitrogens with zero attached hydrogens (tertiary/aromatic N) is 1. The Bertz CT molecular complexity index is 124. The summed E-state index contributed by atoms with van der Waals surface area (Å²) in [7, 11) is 0. The van der Waals surface area contributed by atoms with E-state index in [0.29, 0.717) is 0 Å². The lowest BCUT2D eigenvalue weighted by atomic mass is 10.4. The summed E-state index contributed by atoms with van der Waals surface area (Å²) in [5, 5.41) is 9.06. The van der Waals surface area contributed by atoms with Crippen LogP contribution in [-0.2, 0) is 4.79 Å². The minimum atomic E-state index is -0.512. The van der Waals surface area contributed by atoms with Gasteiger partial charge in [-0.15, -0.1) is 0 Å². The molecular formula is C6H11NO2. The Morgan fingerprint density at radius 1 is 1.78 bits per heavy atom. The van der Waals surface area contributed by atoms with Gasteiger partial charge in [0, 0.05) is 13.5 Å². The summed E-state index contributed by atoms with van der Waals surface area (Å²) in [5.74, 6) is -0.0278. The van der Waals surface area contributed by atoms with Crippen molar-refractivity contribution in [2.75, 3.05) is 6.54 Å². The molecule has 0 aliphatic carbocycles. The summed E-state index contributed by atoms with van der Waals surface area (Å²) < 4.78 is 0. The zero-order chi connectivity index (χ0) is 6.85. The third-order valence-corrected chi connectivity index (χ3v) is 1.63. The number of hydrogen-bond acceptors (Lipinski definition) is 2. The number of likely N-dealkylation sites (tertiary alicyclic amines) is 1. The Morgan fingerprint density at radius 2 is 2.44 bits per heavy atom. The minimum Gasteiger partial charge on any atom is -0.374 e. The highest BCUT2D eigenvalue weighted by molar-refractivity contribution is 5.73. The van der Waals surface area contributed by atoms with Crippen molar-refractivity contribution in [2.45, 2.75) is 26.0 Å². The summed E-state index contributed by atoms with van der Waals surface area (Å²) in [4.78, 5) is 12.1. The second kappa shape index (κ2) is 2.35. The predicted octanol–water partition coefficient (Wildman–Crippen LogP) is -0.0529. The average molecular weight is 129 g/mol. The van der Waals surface area contributed by atoms with Crippen LogP contribution in [0.15, 0.2) is 0 Å². The molecule has 1 aliphatic heterocycles. The minimum absolute atomic E-state index is 0.0278. The lowest BCUT2D eigenvalue weighted by Crippen LogP contribution is -2.33. The van der Waals surface area contributed by atoms with E-state index >= 15 is 0 Å². The Morgan fingerprint density at radius 3 is 2.67 bits per heavy atom. The van der Waals surface area contributed by atoms with Gasteiger partial charge in [-0.2, -0.15) is 0 Å². The summed E-state index contributed by atoms with van der Waals surface area (Å²) in [6.07, 6.45) is 1.16. The second-order valence-electron chi connectivity index (χ2n) is 2.34. The molecular weight excluding hydrogens is 118 g/mol. The van der Waals surface area contributed by atoms with Gasteiger partial charge in [-0.25, -0.2) is 0 Å². The second-order valence-corrected chi connectivity index (χ2v) is 2.34. The maximum absolute atomic E-state index is 10.6. The van der Waals surface area contributed by atoms with Crippen molar-refractivity contribution >= 4 is 5.91 Å². The van der Waals surface area contributed by atoms with Crippen LogP contribution in [0.25, 0.3) is 0 Å². The molecule has 3 nitrogen and oxygen atoms in total. The fourth-order valence-corrected chi connectivity index (χ4v) is 1.12. The molecule has 0 aromatic rings. The molecule has 52 valence electrons. The van der Waals surface area contributed by atoms with Gasteiger partial charge >= 0.3 is 0 Å². The Hall–Kier alpha value is -0.570. The first-order chi connectivity index (χ1) is 4.22. The van der Waals surface area contributed by atoms with Crippen LogP contribution in [-0.4, -0.2) is 28.7 Å². The van der Waals surface area contributed by atoms with Crippen LogP contribution in [0.2, 0.25) is 0 Å². The normalized spacial score (nSPS) is 26.9. The van der Waals surface area contributed by atoms with Crippen molar-refractivity contribution in [3.05, 3.63) is 0 Å². The molecule has 0 unspecified atom stereocenters. The summed E-state index contributed by atoms with van der Waals surface area (Å²) in [6, 6.07) is 0. The van der Waals surface area contributed by atoms with E-state index in [2.05, 4.69) is 0 Å². The zero-order valence-electron chi connectivity index (χ0n) is 5.50. The first-order valence-electron chi connectivity index (χ1n) is 3.17. The number of carbonyl (C=O) groups excluding carboxylic acids is 1. The summed E-state index contributed by atoms with van der Waals surface area (Å²) in [6.45, 7) is 2.20. The van der Waals surface area contributed by atoms with Crippen molar-refractivity contribution in [1.29, 1.82) is 0 Å². The highest BCUT2D eigenvalue weighted by Gasteiger charge is 2.23. The van der Waals surface area contributed by atoms with E-state index in [4.69, 9.17) is 5.11 Å². The lowest BCUT2D eigenvalue weighted by molar-refractivity contribution is -0.135. The van der Waals surface area contributed by atoms with Gasteiger partial charge in [0.2, 0.25) is 5.91 Å². The lowest BCUT2D eigenvalue weighted by Gasteiger charge is -2.17. The topological polar surface area (TPSA) is 40.5 Å². The highest BCUT2D eigenvalue weighted by Crippen LogP contribution is 2.13. The van der Waals surface area contributed by atoms with E-state index < -0.39 is 6.23 Å². The number of rotatable bonds is 0. The molecule has 0 aromatic carbocycles. The molecule has 1 fully saturated rings. The van der Waals surface area contributed by atoms with Gasteiger partial charge in [-0.3, -0.25) is 4.79 Å². The quantitative estimate of drug-likeness (QED) is 0.498. The van der Waals surface area contributed by atoms with Gasteiger partial charge in [-0.05, 0) is 12.8 Å². The standard InChI is InChI=1S/C6H11NO2/c1-5(8)7-4-2-3-6(7)9/h6,9H,2-4H2,1H3/t6-/m1/s1.